The monoisotopic (exact) mass is 356 g/mol. The first-order chi connectivity index (χ1) is 12.4. The van der Waals surface area contributed by atoms with Gasteiger partial charge in [0.25, 0.3) is 0 Å². The molecule has 7 nitrogen and oxygen atoms in total. The number of hydrogen-bond acceptors (Lipinski definition) is 7. The second-order valence-electron chi connectivity index (χ2n) is 5.40. The third-order valence-corrected chi connectivity index (χ3v) is 3.50. The number of benzene rings is 1. The van der Waals surface area contributed by atoms with Crippen LogP contribution in [0.5, 0.6) is 11.5 Å². The summed E-state index contributed by atoms with van der Waals surface area (Å²) in [4.78, 5) is 0. The van der Waals surface area contributed by atoms with Gasteiger partial charge < -0.3 is 33.5 Å². The highest BCUT2D eigenvalue weighted by Gasteiger charge is 2.07. The van der Waals surface area contributed by atoms with Crippen LogP contribution in [0.3, 0.4) is 0 Å². The highest BCUT2D eigenvalue weighted by Crippen LogP contribution is 2.28. The Morgan fingerprint density at radius 3 is 1.64 bits per heavy atom. The average Bonchev–Trinajstić information content (AvgIpc) is 2.62. The molecule has 25 heavy (non-hydrogen) atoms. The molecule has 1 aromatic carbocycles. The average molecular weight is 356 g/mol. The standard InChI is InChI=1S/C18H28O7/c19-4-3-16-1-2-17-18(15-16)25-14-12-23-10-8-21-6-5-20-7-9-22-11-13-24-17/h1-2,15,19H,3-14H2. The topological polar surface area (TPSA) is 75.6 Å². The van der Waals surface area contributed by atoms with Crippen molar-refractivity contribution < 1.29 is 33.5 Å². The van der Waals surface area contributed by atoms with Crippen LogP contribution < -0.4 is 9.47 Å². The lowest BCUT2D eigenvalue weighted by atomic mass is 10.1. The summed E-state index contributed by atoms with van der Waals surface area (Å²) in [6.45, 7) is 5.06. The molecule has 1 aromatic rings. The second kappa shape index (κ2) is 12.9. The van der Waals surface area contributed by atoms with Crippen LogP contribution in [0.2, 0.25) is 0 Å². The molecule has 142 valence electrons. The number of aliphatic hydroxyl groups excluding tert-OH is 1. The molecule has 1 aliphatic rings. The van der Waals surface area contributed by atoms with Crippen LogP contribution in [-0.4, -0.2) is 77.8 Å². The summed E-state index contributed by atoms with van der Waals surface area (Å²) in [5, 5.41) is 9.09. The molecule has 0 bridgehead atoms. The van der Waals surface area contributed by atoms with Crippen molar-refractivity contribution >= 4 is 0 Å². The molecule has 0 amide bonds. The quantitative estimate of drug-likeness (QED) is 0.849. The summed E-state index contributed by atoms with van der Waals surface area (Å²) in [6, 6.07) is 5.67. The van der Waals surface area contributed by atoms with Gasteiger partial charge in [-0.05, 0) is 24.1 Å². The number of ether oxygens (including phenoxy) is 6. The number of aliphatic hydroxyl groups is 1. The van der Waals surface area contributed by atoms with Gasteiger partial charge in [0.1, 0.15) is 13.2 Å². The van der Waals surface area contributed by atoms with E-state index in [2.05, 4.69) is 0 Å². The minimum Gasteiger partial charge on any atom is -0.487 e. The molecule has 0 saturated carbocycles. The zero-order valence-corrected chi connectivity index (χ0v) is 14.6. The first-order valence-corrected chi connectivity index (χ1v) is 8.70. The summed E-state index contributed by atoms with van der Waals surface area (Å²) in [6.07, 6.45) is 0.577. The second-order valence-corrected chi connectivity index (χ2v) is 5.40. The minimum absolute atomic E-state index is 0.0959. The summed E-state index contributed by atoms with van der Waals surface area (Å²) in [7, 11) is 0. The number of rotatable bonds is 2. The van der Waals surface area contributed by atoms with E-state index in [0.29, 0.717) is 84.0 Å². The Labute approximate surface area is 148 Å². The molecule has 1 N–H and O–H groups in total. The lowest BCUT2D eigenvalue weighted by Gasteiger charge is -2.15. The van der Waals surface area contributed by atoms with Crippen LogP contribution in [0.25, 0.3) is 0 Å². The van der Waals surface area contributed by atoms with Crippen molar-refractivity contribution in [2.75, 3.05) is 72.7 Å². The smallest absolute Gasteiger partial charge is 0.161 e. The highest BCUT2D eigenvalue weighted by molar-refractivity contribution is 5.43. The Hall–Kier alpha value is -1.38. The van der Waals surface area contributed by atoms with E-state index in [4.69, 9.17) is 33.5 Å². The van der Waals surface area contributed by atoms with Gasteiger partial charge >= 0.3 is 0 Å². The number of hydrogen-bond donors (Lipinski definition) is 1. The first-order valence-electron chi connectivity index (χ1n) is 8.70. The van der Waals surface area contributed by atoms with E-state index in [1.165, 1.54) is 0 Å². The largest absolute Gasteiger partial charge is 0.487 e. The van der Waals surface area contributed by atoms with Crippen LogP contribution in [0.1, 0.15) is 5.56 Å². The van der Waals surface area contributed by atoms with Crippen LogP contribution >= 0.6 is 0 Å². The van der Waals surface area contributed by atoms with Crippen LogP contribution in [0, 0.1) is 0 Å². The molecule has 7 heteroatoms. The van der Waals surface area contributed by atoms with E-state index in [9.17, 15) is 0 Å². The third-order valence-electron chi connectivity index (χ3n) is 3.50. The maximum atomic E-state index is 9.09. The van der Waals surface area contributed by atoms with Crippen molar-refractivity contribution in [2.24, 2.45) is 0 Å². The van der Waals surface area contributed by atoms with E-state index < -0.39 is 0 Å². The number of fused-ring (bicyclic) bond motifs is 1. The zero-order valence-electron chi connectivity index (χ0n) is 14.6. The molecule has 0 saturated heterocycles. The molecule has 0 radical (unpaired) electrons. The predicted molar refractivity (Wildman–Crippen MR) is 91.5 cm³/mol. The SMILES string of the molecule is OCCc1ccc2c(c1)OCCOCCOCCOCCOCCO2. The molecular formula is C18H28O7. The first kappa shape index (κ1) is 19.9. The molecule has 1 heterocycles. The van der Waals surface area contributed by atoms with Crippen molar-refractivity contribution in [3.8, 4) is 11.5 Å². The molecule has 2 rings (SSSR count). The minimum atomic E-state index is 0.0959. The third kappa shape index (κ3) is 8.51. The predicted octanol–water partition coefficient (Wildman–Crippen LogP) is 1.06. The molecule has 0 atom stereocenters. The van der Waals surface area contributed by atoms with Crippen LogP contribution in [-0.2, 0) is 25.4 Å². The van der Waals surface area contributed by atoms with Crippen LogP contribution in [0.4, 0.5) is 0 Å². The lowest BCUT2D eigenvalue weighted by molar-refractivity contribution is -0.00842. The highest BCUT2D eigenvalue weighted by atomic mass is 16.6. The van der Waals surface area contributed by atoms with Gasteiger partial charge in [0.2, 0.25) is 0 Å². The molecule has 0 spiro atoms. The molecule has 1 aliphatic heterocycles. The maximum Gasteiger partial charge on any atom is 0.161 e. The maximum absolute atomic E-state index is 9.09. The van der Waals surface area contributed by atoms with Crippen molar-refractivity contribution in [1.82, 2.24) is 0 Å². The molecule has 0 aliphatic carbocycles. The summed E-state index contributed by atoms with van der Waals surface area (Å²) < 4.78 is 33.3. The van der Waals surface area contributed by atoms with Gasteiger partial charge in [-0.2, -0.15) is 0 Å². The van der Waals surface area contributed by atoms with Gasteiger partial charge in [0.15, 0.2) is 11.5 Å². The van der Waals surface area contributed by atoms with Gasteiger partial charge in [0.05, 0.1) is 52.9 Å². The van der Waals surface area contributed by atoms with Gasteiger partial charge in [-0.1, -0.05) is 6.07 Å². The van der Waals surface area contributed by atoms with Crippen molar-refractivity contribution in [2.45, 2.75) is 6.42 Å². The lowest BCUT2D eigenvalue weighted by Crippen LogP contribution is -2.16. The van der Waals surface area contributed by atoms with E-state index in [1.54, 1.807) is 0 Å². The molecular weight excluding hydrogens is 328 g/mol. The zero-order chi connectivity index (χ0) is 17.6. The van der Waals surface area contributed by atoms with E-state index >= 15 is 0 Å². The van der Waals surface area contributed by atoms with E-state index in [0.717, 1.165) is 5.56 Å². The van der Waals surface area contributed by atoms with E-state index in [-0.39, 0.29) is 6.61 Å². The fourth-order valence-corrected chi connectivity index (χ4v) is 2.25. The van der Waals surface area contributed by atoms with E-state index in [1.807, 2.05) is 18.2 Å². The van der Waals surface area contributed by atoms with Crippen molar-refractivity contribution in [1.29, 1.82) is 0 Å². The van der Waals surface area contributed by atoms with Gasteiger partial charge in [-0.3, -0.25) is 0 Å². The molecule has 0 aromatic heterocycles. The Bertz CT molecular complexity index is 467. The fraction of sp³-hybridized carbons (Fsp3) is 0.667. The summed E-state index contributed by atoms with van der Waals surface area (Å²) in [5.74, 6) is 1.31. The van der Waals surface area contributed by atoms with Gasteiger partial charge in [-0.15, -0.1) is 0 Å². The Kier molecular flexibility index (Phi) is 10.3. The van der Waals surface area contributed by atoms with Crippen molar-refractivity contribution in [3.05, 3.63) is 23.8 Å². The molecule has 0 fully saturated rings. The normalized spacial score (nSPS) is 18.9. The Morgan fingerprint density at radius 2 is 1.12 bits per heavy atom. The summed E-state index contributed by atoms with van der Waals surface area (Å²) >= 11 is 0. The Balaban J connectivity index is 1.89. The summed E-state index contributed by atoms with van der Waals surface area (Å²) in [5.41, 5.74) is 0.995. The van der Waals surface area contributed by atoms with Gasteiger partial charge in [0, 0.05) is 6.61 Å². The van der Waals surface area contributed by atoms with Crippen molar-refractivity contribution in [3.63, 3.8) is 0 Å². The van der Waals surface area contributed by atoms with Gasteiger partial charge in [-0.25, -0.2) is 0 Å². The van der Waals surface area contributed by atoms with Crippen LogP contribution in [0.15, 0.2) is 18.2 Å². The fourth-order valence-electron chi connectivity index (χ4n) is 2.25. The Morgan fingerprint density at radius 1 is 0.640 bits per heavy atom. The molecule has 0 unspecified atom stereocenters.